The number of thioether (sulfide) groups is 1. The number of carbonyl (C=O) groups excluding carboxylic acids is 2. The Morgan fingerprint density at radius 3 is 2.11 bits per heavy atom. The molecule has 1 fully saturated rings. The van der Waals surface area contributed by atoms with Gasteiger partial charge < -0.3 is 0 Å². The number of Topliss-reactive ketones (excluding diaryl/α,β-unsaturated/α-hetero) is 2. The maximum atomic E-state index is 10.7. The van der Waals surface area contributed by atoms with Crippen LogP contribution >= 0.6 is 27.7 Å². The summed E-state index contributed by atoms with van der Waals surface area (Å²) < 4.78 is 0. The molecule has 0 aromatic rings. The second-order valence-corrected chi connectivity index (χ2v) is 3.69. The van der Waals surface area contributed by atoms with E-state index in [9.17, 15) is 9.59 Å². The smallest absolute Gasteiger partial charge is 0.163 e. The van der Waals surface area contributed by atoms with Crippen LogP contribution in [0.25, 0.3) is 0 Å². The molecule has 1 saturated heterocycles. The van der Waals surface area contributed by atoms with E-state index >= 15 is 0 Å². The Labute approximate surface area is 65.5 Å². The van der Waals surface area contributed by atoms with Gasteiger partial charge in [0.1, 0.15) is 4.83 Å². The van der Waals surface area contributed by atoms with Crippen LogP contribution in [0.1, 0.15) is 0 Å². The van der Waals surface area contributed by atoms with E-state index in [1.54, 1.807) is 0 Å². The summed E-state index contributed by atoms with van der Waals surface area (Å²) in [6, 6.07) is 0. The highest BCUT2D eigenvalue weighted by atomic mass is 79.9. The van der Waals surface area contributed by atoms with Crippen LogP contribution in [0.3, 0.4) is 0 Å². The zero-order valence-electron chi connectivity index (χ0n) is 4.59. The standard InChI is InChI=1S/C5H5BrO2S/c6-5-3(7)1-9-2-4(5)8/h5H,1-2H2. The molecule has 1 heterocycles. The maximum Gasteiger partial charge on any atom is 0.163 e. The minimum atomic E-state index is -0.515. The van der Waals surface area contributed by atoms with Crippen molar-refractivity contribution in [2.24, 2.45) is 0 Å². The normalized spacial score (nSPS) is 22.8. The summed E-state index contributed by atoms with van der Waals surface area (Å²) in [6.07, 6.45) is 0. The summed E-state index contributed by atoms with van der Waals surface area (Å²) in [4.78, 5) is 20.9. The van der Waals surface area contributed by atoms with Crippen molar-refractivity contribution in [3.8, 4) is 0 Å². The summed E-state index contributed by atoms with van der Waals surface area (Å²) in [6.45, 7) is 0. The van der Waals surface area contributed by atoms with Crippen LogP contribution in [0.5, 0.6) is 0 Å². The summed E-state index contributed by atoms with van der Waals surface area (Å²) in [5.41, 5.74) is 0. The third-order valence-corrected chi connectivity index (χ3v) is 3.05. The Bertz CT molecular complexity index is 141. The molecule has 0 spiro atoms. The fraction of sp³-hybridized carbons (Fsp3) is 0.600. The van der Waals surface area contributed by atoms with Gasteiger partial charge in [0.05, 0.1) is 11.5 Å². The average molecular weight is 209 g/mol. The molecule has 0 saturated carbocycles. The number of halogens is 1. The van der Waals surface area contributed by atoms with Gasteiger partial charge in [-0.05, 0) is 0 Å². The Morgan fingerprint density at radius 1 is 1.33 bits per heavy atom. The molecule has 0 aromatic carbocycles. The maximum absolute atomic E-state index is 10.7. The first kappa shape index (κ1) is 7.28. The molecule has 0 amide bonds. The predicted molar refractivity (Wildman–Crippen MR) is 40.1 cm³/mol. The van der Waals surface area contributed by atoms with Crippen molar-refractivity contribution < 1.29 is 9.59 Å². The quantitative estimate of drug-likeness (QED) is 0.433. The molecule has 0 unspecified atom stereocenters. The number of carbonyl (C=O) groups is 2. The first-order chi connectivity index (χ1) is 4.22. The second-order valence-electron chi connectivity index (χ2n) is 1.79. The number of hydrogen-bond donors (Lipinski definition) is 0. The molecule has 9 heavy (non-hydrogen) atoms. The fourth-order valence-corrected chi connectivity index (χ4v) is 2.17. The van der Waals surface area contributed by atoms with E-state index in [-0.39, 0.29) is 11.6 Å². The minimum absolute atomic E-state index is 0.00347. The van der Waals surface area contributed by atoms with Crippen molar-refractivity contribution in [1.82, 2.24) is 0 Å². The van der Waals surface area contributed by atoms with Gasteiger partial charge in [-0.2, -0.15) is 0 Å². The lowest BCUT2D eigenvalue weighted by atomic mass is 10.2. The molecule has 0 radical (unpaired) electrons. The third-order valence-electron chi connectivity index (χ3n) is 1.05. The molecule has 1 aliphatic rings. The molecule has 4 heteroatoms. The van der Waals surface area contributed by atoms with Gasteiger partial charge in [0.2, 0.25) is 0 Å². The Morgan fingerprint density at radius 2 is 1.78 bits per heavy atom. The van der Waals surface area contributed by atoms with E-state index in [1.165, 1.54) is 11.8 Å². The predicted octanol–water partition coefficient (Wildman–Crippen LogP) is 0.635. The molecule has 0 aromatic heterocycles. The van der Waals surface area contributed by atoms with E-state index in [0.717, 1.165) is 0 Å². The van der Waals surface area contributed by atoms with Gasteiger partial charge >= 0.3 is 0 Å². The van der Waals surface area contributed by atoms with Crippen LogP contribution in [0.4, 0.5) is 0 Å². The van der Waals surface area contributed by atoms with Gasteiger partial charge in [-0.1, -0.05) is 15.9 Å². The van der Waals surface area contributed by atoms with Crippen molar-refractivity contribution in [3.05, 3.63) is 0 Å². The van der Waals surface area contributed by atoms with Crippen LogP contribution in [0, 0.1) is 0 Å². The van der Waals surface area contributed by atoms with Crippen molar-refractivity contribution in [3.63, 3.8) is 0 Å². The van der Waals surface area contributed by atoms with E-state index in [0.29, 0.717) is 11.5 Å². The Balaban J connectivity index is 2.62. The molecule has 2 nitrogen and oxygen atoms in total. The van der Waals surface area contributed by atoms with Gasteiger partial charge in [0, 0.05) is 0 Å². The number of hydrogen-bond acceptors (Lipinski definition) is 3. The molecular formula is C5H5BrO2S. The highest BCUT2D eigenvalue weighted by Gasteiger charge is 2.27. The largest absolute Gasteiger partial charge is 0.297 e. The third kappa shape index (κ3) is 1.55. The van der Waals surface area contributed by atoms with Crippen LogP contribution in [0.15, 0.2) is 0 Å². The SMILES string of the molecule is O=C1CSCC(=O)C1Br. The van der Waals surface area contributed by atoms with Crippen LogP contribution < -0.4 is 0 Å². The van der Waals surface area contributed by atoms with E-state index in [4.69, 9.17) is 0 Å². The Hall–Kier alpha value is 0.170. The van der Waals surface area contributed by atoms with E-state index in [2.05, 4.69) is 15.9 Å². The topological polar surface area (TPSA) is 34.1 Å². The molecule has 0 atom stereocenters. The summed E-state index contributed by atoms with van der Waals surface area (Å²) in [5.74, 6) is 0.941. The van der Waals surface area contributed by atoms with Gasteiger partial charge in [-0.25, -0.2) is 0 Å². The molecule has 0 aliphatic carbocycles. The zero-order chi connectivity index (χ0) is 6.85. The van der Waals surface area contributed by atoms with Crippen LogP contribution in [-0.4, -0.2) is 27.9 Å². The Kier molecular flexibility index (Phi) is 2.29. The number of rotatable bonds is 0. The number of alkyl halides is 1. The van der Waals surface area contributed by atoms with Gasteiger partial charge in [0.15, 0.2) is 11.6 Å². The molecule has 1 rings (SSSR count). The molecule has 50 valence electrons. The summed E-state index contributed by atoms with van der Waals surface area (Å²) in [7, 11) is 0. The van der Waals surface area contributed by atoms with Crippen molar-refractivity contribution >= 4 is 39.3 Å². The number of ketones is 2. The lowest BCUT2D eigenvalue weighted by Crippen LogP contribution is -2.32. The van der Waals surface area contributed by atoms with Crippen LogP contribution in [-0.2, 0) is 9.59 Å². The first-order valence-corrected chi connectivity index (χ1v) is 4.56. The monoisotopic (exact) mass is 208 g/mol. The lowest BCUT2D eigenvalue weighted by molar-refractivity contribution is -0.123. The van der Waals surface area contributed by atoms with Gasteiger partial charge in [0.25, 0.3) is 0 Å². The van der Waals surface area contributed by atoms with E-state index < -0.39 is 4.83 Å². The van der Waals surface area contributed by atoms with E-state index in [1.807, 2.05) is 0 Å². The molecular weight excluding hydrogens is 204 g/mol. The molecule has 0 bridgehead atoms. The first-order valence-electron chi connectivity index (χ1n) is 2.49. The van der Waals surface area contributed by atoms with Crippen molar-refractivity contribution in [1.29, 1.82) is 0 Å². The van der Waals surface area contributed by atoms with Crippen molar-refractivity contribution in [2.45, 2.75) is 4.83 Å². The highest BCUT2D eigenvalue weighted by Crippen LogP contribution is 2.16. The van der Waals surface area contributed by atoms with Gasteiger partial charge in [-0.15, -0.1) is 11.8 Å². The highest BCUT2D eigenvalue weighted by molar-refractivity contribution is 9.10. The summed E-state index contributed by atoms with van der Waals surface area (Å²) in [5, 5.41) is 0. The minimum Gasteiger partial charge on any atom is -0.297 e. The lowest BCUT2D eigenvalue weighted by Gasteiger charge is -2.11. The van der Waals surface area contributed by atoms with Crippen LogP contribution in [0.2, 0.25) is 0 Å². The molecule has 0 N–H and O–H groups in total. The second kappa shape index (κ2) is 2.84. The fourth-order valence-electron chi connectivity index (χ4n) is 0.578. The van der Waals surface area contributed by atoms with Gasteiger partial charge in [-0.3, -0.25) is 9.59 Å². The average Bonchev–Trinajstić information content (AvgIpc) is 1.83. The summed E-state index contributed by atoms with van der Waals surface area (Å²) >= 11 is 4.39. The zero-order valence-corrected chi connectivity index (χ0v) is 7.00. The van der Waals surface area contributed by atoms with Crippen molar-refractivity contribution in [2.75, 3.05) is 11.5 Å². The molecule has 1 aliphatic heterocycles.